The zero-order valence-electron chi connectivity index (χ0n) is 12.0. The first-order chi connectivity index (χ1) is 9.54. The van der Waals surface area contributed by atoms with Crippen LogP contribution < -0.4 is 10.1 Å². The molecule has 0 amide bonds. The topological polar surface area (TPSA) is 34.1 Å². The third-order valence-electron chi connectivity index (χ3n) is 2.86. The van der Waals surface area contributed by atoms with E-state index in [1.165, 1.54) is 12.1 Å². The Labute approximate surface area is 118 Å². The second kappa shape index (κ2) is 6.48. The Balaban J connectivity index is 2.13. The Morgan fingerprint density at radius 1 is 1.25 bits per heavy atom. The van der Waals surface area contributed by atoms with E-state index in [-0.39, 0.29) is 5.82 Å². The summed E-state index contributed by atoms with van der Waals surface area (Å²) in [7, 11) is 0. The van der Waals surface area contributed by atoms with Crippen LogP contribution in [0.3, 0.4) is 0 Å². The molecule has 0 atom stereocenters. The van der Waals surface area contributed by atoms with Crippen molar-refractivity contribution in [2.24, 2.45) is 0 Å². The van der Waals surface area contributed by atoms with Crippen molar-refractivity contribution in [3.63, 3.8) is 0 Å². The predicted octanol–water partition coefficient (Wildman–Crippen LogP) is 3.82. The number of nitrogens with zero attached hydrogens (tertiary/aromatic N) is 1. The van der Waals surface area contributed by atoms with Crippen molar-refractivity contribution in [1.29, 1.82) is 0 Å². The number of halogens is 1. The molecule has 1 aromatic carbocycles. The van der Waals surface area contributed by atoms with Gasteiger partial charge in [-0.05, 0) is 30.2 Å². The molecule has 0 radical (unpaired) electrons. The number of hydrogen-bond donors (Lipinski definition) is 1. The lowest BCUT2D eigenvalue weighted by Gasteiger charge is -2.11. The van der Waals surface area contributed by atoms with Crippen LogP contribution in [0.1, 0.15) is 25.0 Å². The van der Waals surface area contributed by atoms with E-state index in [1.54, 1.807) is 18.5 Å². The van der Waals surface area contributed by atoms with Crippen LogP contribution in [0.15, 0.2) is 36.7 Å². The Morgan fingerprint density at radius 3 is 2.80 bits per heavy atom. The second-order valence-electron chi connectivity index (χ2n) is 5.08. The number of benzene rings is 1. The zero-order valence-corrected chi connectivity index (χ0v) is 12.0. The molecule has 1 N–H and O–H groups in total. The first-order valence-corrected chi connectivity index (χ1v) is 6.66. The summed E-state index contributed by atoms with van der Waals surface area (Å²) in [6.07, 6.45) is 3.42. The Morgan fingerprint density at radius 2 is 2.05 bits per heavy atom. The fraction of sp³-hybridized carbons (Fsp3) is 0.312. The van der Waals surface area contributed by atoms with Crippen LogP contribution in [0.4, 0.5) is 4.39 Å². The van der Waals surface area contributed by atoms with Crippen molar-refractivity contribution in [2.45, 2.75) is 33.4 Å². The maximum absolute atomic E-state index is 13.2. The van der Waals surface area contributed by atoms with Gasteiger partial charge in [-0.15, -0.1) is 0 Å². The van der Waals surface area contributed by atoms with Gasteiger partial charge in [0.05, 0.1) is 6.20 Å². The van der Waals surface area contributed by atoms with Crippen molar-refractivity contribution in [1.82, 2.24) is 10.3 Å². The summed E-state index contributed by atoms with van der Waals surface area (Å²) in [6.45, 7) is 6.78. The molecule has 2 rings (SSSR count). The van der Waals surface area contributed by atoms with Crippen LogP contribution in [0.2, 0.25) is 0 Å². The predicted molar refractivity (Wildman–Crippen MR) is 77.4 cm³/mol. The largest absolute Gasteiger partial charge is 0.455 e. The summed E-state index contributed by atoms with van der Waals surface area (Å²) in [5.41, 5.74) is 1.92. The van der Waals surface area contributed by atoms with E-state index >= 15 is 0 Å². The summed E-state index contributed by atoms with van der Waals surface area (Å²) in [4.78, 5) is 4.15. The van der Waals surface area contributed by atoms with Crippen molar-refractivity contribution in [2.75, 3.05) is 0 Å². The summed E-state index contributed by atoms with van der Waals surface area (Å²) in [5, 5.41) is 3.32. The lowest BCUT2D eigenvalue weighted by Crippen LogP contribution is -2.21. The van der Waals surface area contributed by atoms with Crippen LogP contribution in [-0.2, 0) is 6.54 Å². The molecule has 1 aromatic heterocycles. The molecule has 0 bridgehead atoms. The number of aromatic nitrogens is 1. The third kappa shape index (κ3) is 4.03. The molecule has 0 fully saturated rings. The minimum Gasteiger partial charge on any atom is -0.455 e. The lowest BCUT2D eigenvalue weighted by atomic mass is 10.2. The molecular formula is C16H19FN2O. The highest BCUT2D eigenvalue weighted by atomic mass is 19.1. The molecule has 0 aliphatic rings. The third-order valence-corrected chi connectivity index (χ3v) is 2.86. The van der Waals surface area contributed by atoms with Gasteiger partial charge in [0.15, 0.2) is 0 Å². The summed E-state index contributed by atoms with van der Waals surface area (Å²) < 4.78 is 18.9. The molecule has 2 aromatic rings. The lowest BCUT2D eigenvalue weighted by molar-refractivity contribution is 0.469. The van der Waals surface area contributed by atoms with E-state index in [1.807, 2.05) is 13.0 Å². The maximum Gasteiger partial charge on any atom is 0.146 e. The van der Waals surface area contributed by atoms with Crippen LogP contribution in [0.5, 0.6) is 11.5 Å². The fourth-order valence-electron chi connectivity index (χ4n) is 1.75. The maximum atomic E-state index is 13.2. The van der Waals surface area contributed by atoms with Gasteiger partial charge in [-0.25, -0.2) is 4.39 Å². The fourth-order valence-corrected chi connectivity index (χ4v) is 1.75. The van der Waals surface area contributed by atoms with Crippen molar-refractivity contribution in [3.05, 3.63) is 53.6 Å². The monoisotopic (exact) mass is 274 g/mol. The highest BCUT2D eigenvalue weighted by Gasteiger charge is 2.05. The Hall–Kier alpha value is -1.94. The molecule has 0 saturated heterocycles. The van der Waals surface area contributed by atoms with E-state index < -0.39 is 0 Å². The van der Waals surface area contributed by atoms with Crippen LogP contribution in [0, 0.1) is 12.7 Å². The molecule has 3 nitrogen and oxygen atoms in total. The molecule has 0 unspecified atom stereocenters. The van der Waals surface area contributed by atoms with E-state index in [4.69, 9.17) is 4.74 Å². The summed E-state index contributed by atoms with van der Waals surface area (Å²) >= 11 is 0. The quantitative estimate of drug-likeness (QED) is 0.900. The van der Waals surface area contributed by atoms with Crippen LogP contribution in [0.25, 0.3) is 0 Å². The van der Waals surface area contributed by atoms with E-state index in [9.17, 15) is 4.39 Å². The zero-order chi connectivity index (χ0) is 14.5. The molecule has 0 aliphatic heterocycles. The number of rotatable bonds is 5. The average Bonchev–Trinajstić information content (AvgIpc) is 2.41. The van der Waals surface area contributed by atoms with Crippen molar-refractivity contribution < 1.29 is 9.13 Å². The van der Waals surface area contributed by atoms with Gasteiger partial charge in [-0.3, -0.25) is 4.98 Å². The number of nitrogens with one attached hydrogen (secondary N) is 1. The van der Waals surface area contributed by atoms with Crippen LogP contribution >= 0.6 is 0 Å². The van der Waals surface area contributed by atoms with Gasteiger partial charge in [0.25, 0.3) is 0 Å². The molecule has 20 heavy (non-hydrogen) atoms. The molecule has 0 saturated carbocycles. The molecule has 106 valence electrons. The van der Waals surface area contributed by atoms with Gasteiger partial charge in [-0.2, -0.15) is 0 Å². The minimum atomic E-state index is -0.309. The number of pyridine rings is 1. The van der Waals surface area contributed by atoms with Crippen molar-refractivity contribution >= 4 is 0 Å². The number of hydrogen-bond acceptors (Lipinski definition) is 3. The molecule has 4 heteroatoms. The minimum absolute atomic E-state index is 0.309. The van der Waals surface area contributed by atoms with Gasteiger partial charge in [-0.1, -0.05) is 19.9 Å². The Bertz CT molecular complexity index is 584. The van der Waals surface area contributed by atoms with Gasteiger partial charge >= 0.3 is 0 Å². The first kappa shape index (κ1) is 14.5. The smallest absolute Gasteiger partial charge is 0.146 e. The molecule has 0 spiro atoms. The number of ether oxygens (including phenoxy) is 1. The van der Waals surface area contributed by atoms with Crippen LogP contribution in [-0.4, -0.2) is 11.0 Å². The van der Waals surface area contributed by atoms with Gasteiger partial charge in [0.2, 0.25) is 0 Å². The average molecular weight is 274 g/mol. The highest BCUT2D eigenvalue weighted by Crippen LogP contribution is 2.25. The van der Waals surface area contributed by atoms with E-state index in [0.717, 1.165) is 17.7 Å². The van der Waals surface area contributed by atoms with Gasteiger partial charge < -0.3 is 10.1 Å². The van der Waals surface area contributed by atoms with Gasteiger partial charge in [0.1, 0.15) is 17.3 Å². The van der Waals surface area contributed by atoms with Crippen molar-refractivity contribution in [3.8, 4) is 11.5 Å². The summed E-state index contributed by atoms with van der Waals surface area (Å²) in [6, 6.07) is 6.82. The van der Waals surface area contributed by atoms with E-state index in [2.05, 4.69) is 24.1 Å². The molecule has 1 heterocycles. The summed E-state index contributed by atoms with van der Waals surface area (Å²) in [5.74, 6) is 0.818. The highest BCUT2D eigenvalue weighted by molar-refractivity contribution is 5.37. The second-order valence-corrected chi connectivity index (χ2v) is 5.08. The molecule has 0 aliphatic carbocycles. The Kier molecular flexibility index (Phi) is 4.69. The first-order valence-electron chi connectivity index (χ1n) is 6.66. The van der Waals surface area contributed by atoms with E-state index in [0.29, 0.717) is 17.5 Å². The normalized spacial score (nSPS) is 10.8. The van der Waals surface area contributed by atoms with Gasteiger partial charge in [0, 0.05) is 24.8 Å². The standard InChI is InChI=1S/C16H19FN2O/c1-11(2)19-9-13-6-15(10-18-8-13)20-16-7-14(17)5-4-12(16)3/h4-8,10-11,19H,9H2,1-3H3. The SMILES string of the molecule is Cc1ccc(F)cc1Oc1cncc(CNC(C)C)c1. The molecular weight excluding hydrogens is 255 g/mol. The number of aryl methyl sites for hydroxylation is 1.